The number of hydrogen-bond donors (Lipinski definition) is 0. The number of oxime groups is 4. The monoisotopic (exact) mass is 1620 g/mol. The van der Waals surface area contributed by atoms with Gasteiger partial charge in [-0.25, -0.2) is 19.2 Å². The van der Waals surface area contributed by atoms with Gasteiger partial charge >= 0.3 is 23.9 Å². The molecule has 0 bridgehead atoms. The van der Waals surface area contributed by atoms with Crippen LogP contribution in [0.15, 0.2) is 268 Å². The number of morpholine rings is 2. The fourth-order valence-corrected chi connectivity index (χ4v) is 12.2. The van der Waals surface area contributed by atoms with E-state index in [2.05, 4.69) is 66.5 Å². The highest BCUT2D eigenvalue weighted by molar-refractivity contribution is 7.98. The summed E-state index contributed by atoms with van der Waals surface area (Å²) >= 11 is 1.60. The maximum Gasteiger partial charge on any atom is 0.365 e. The van der Waals surface area contributed by atoms with Crippen LogP contribution in [0, 0.1) is 0 Å². The lowest BCUT2D eigenvalue weighted by Crippen LogP contribution is -2.52. The number of methoxy groups -OCH3 is 1. The van der Waals surface area contributed by atoms with Gasteiger partial charge in [0.25, 0.3) is 0 Å². The number of Topliss-reactive ketones (excluding diaryl/α,β-unsaturated/α-hetero) is 5. The second kappa shape index (κ2) is 48.6. The van der Waals surface area contributed by atoms with Crippen molar-refractivity contribution in [3.63, 3.8) is 0 Å². The highest BCUT2D eigenvalue weighted by atomic mass is 32.2. The second-order valence-corrected chi connectivity index (χ2v) is 27.8. The molecule has 0 spiro atoms. The molecule has 2 saturated heterocycles. The summed E-state index contributed by atoms with van der Waals surface area (Å²) in [5, 5.41) is 14.7. The van der Waals surface area contributed by atoms with Crippen molar-refractivity contribution >= 4 is 104 Å². The quantitative estimate of drug-likeness (QED) is 0.0138. The predicted molar refractivity (Wildman–Crippen MR) is 463 cm³/mol. The summed E-state index contributed by atoms with van der Waals surface area (Å²) < 4.78 is 15.8. The molecular weight excluding hydrogens is 1520 g/mol. The van der Waals surface area contributed by atoms with E-state index in [1.807, 2.05) is 112 Å². The molecule has 2 fully saturated rings. The molecule has 11 rings (SSSR count). The van der Waals surface area contributed by atoms with Crippen LogP contribution < -0.4 is 19.4 Å². The summed E-state index contributed by atoms with van der Waals surface area (Å²) in [7, 11) is 9.40. The number of nitrogens with zero attached hydrogens (tertiary/aromatic N) is 8. The number of ketones is 5. The van der Waals surface area contributed by atoms with Crippen molar-refractivity contribution in [1.82, 2.24) is 4.90 Å². The molecule has 9 aromatic carbocycles. The molecule has 0 radical (unpaired) electrons. The van der Waals surface area contributed by atoms with Gasteiger partial charge in [0.15, 0.2) is 11.6 Å². The largest absolute Gasteiger partial charge is 0.497 e. The number of rotatable bonds is 29. The molecule has 0 amide bonds. The van der Waals surface area contributed by atoms with Crippen LogP contribution in [0.3, 0.4) is 0 Å². The molecule has 2 aliphatic heterocycles. The van der Waals surface area contributed by atoms with Gasteiger partial charge in [-0.05, 0) is 223 Å². The third kappa shape index (κ3) is 28.4. The van der Waals surface area contributed by atoms with Crippen molar-refractivity contribution in [1.29, 1.82) is 0 Å². The van der Waals surface area contributed by atoms with Gasteiger partial charge in [-0.15, -0.1) is 11.8 Å². The van der Waals surface area contributed by atoms with Crippen LogP contribution in [0.2, 0.25) is 0 Å². The molecule has 25 heteroatoms. The molecule has 24 nitrogen and oxygen atoms in total. The average Bonchev–Trinajstić information content (AvgIpc) is 0.784. The zero-order chi connectivity index (χ0) is 85.4. The normalized spacial score (nSPS) is 13.2. The maximum absolute atomic E-state index is 13.6. The molecule has 2 aliphatic rings. The summed E-state index contributed by atoms with van der Waals surface area (Å²) in [6.45, 7) is 16.8. The van der Waals surface area contributed by atoms with Gasteiger partial charge in [0.2, 0.25) is 17.3 Å². The number of thioether (sulfide) groups is 1. The minimum Gasteiger partial charge on any atom is -0.497 e. The maximum atomic E-state index is 13.6. The summed E-state index contributed by atoms with van der Waals surface area (Å²) in [5.41, 5.74) is 8.42. The Hall–Kier alpha value is -12.7. The van der Waals surface area contributed by atoms with Gasteiger partial charge in [-0.3, -0.25) is 28.9 Å². The topological polar surface area (TPSA) is 281 Å². The lowest BCUT2D eigenvalue weighted by Gasteiger charge is -2.38. The van der Waals surface area contributed by atoms with E-state index in [1.165, 1.54) is 19.4 Å². The Balaban J connectivity index is 0.000000205. The van der Waals surface area contributed by atoms with E-state index in [-0.39, 0.29) is 51.8 Å². The first-order valence-corrected chi connectivity index (χ1v) is 39.8. The van der Waals surface area contributed by atoms with Gasteiger partial charge in [-0.1, -0.05) is 133 Å². The van der Waals surface area contributed by atoms with E-state index in [0.717, 1.165) is 73.3 Å². The molecule has 1 unspecified atom stereocenters. The zero-order valence-electron chi connectivity index (χ0n) is 68.8. The van der Waals surface area contributed by atoms with Crippen molar-refractivity contribution in [3.05, 3.63) is 293 Å². The van der Waals surface area contributed by atoms with E-state index in [4.69, 9.17) is 33.6 Å². The molecule has 0 N–H and O–H groups in total. The van der Waals surface area contributed by atoms with Crippen LogP contribution in [0.25, 0.3) is 0 Å². The third-order valence-corrected chi connectivity index (χ3v) is 19.6. The molecular formula is C93H102N8O16S. The number of carbonyl (C=O) groups excluding carboxylic acids is 9. The Morgan fingerprint density at radius 2 is 0.746 bits per heavy atom. The molecule has 0 aromatic heterocycles. The van der Waals surface area contributed by atoms with Gasteiger partial charge < -0.3 is 48.3 Å². The van der Waals surface area contributed by atoms with Gasteiger partial charge in [-0.2, -0.15) is 0 Å². The van der Waals surface area contributed by atoms with E-state index >= 15 is 0 Å². The van der Waals surface area contributed by atoms with Crippen LogP contribution in [0.1, 0.15) is 156 Å². The summed E-state index contributed by atoms with van der Waals surface area (Å²) in [4.78, 5) is 138. The van der Waals surface area contributed by atoms with Gasteiger partial charge in [0.05, 0.1) is 61.3 Å². The first kappa shape index (κ1) is 92.5. The first-order chi connectivity index (χ1) is 57.0. The number of benzene rings is 9. The lowest BCUT2D eigenvalue weighted by atomic mass is 9.80. The van der Waals surface area contributed by atoms with Crippen molar-refractivity contribution in [2.75, 3.05) is 109 Å². The van der Waals surface area contributed by atoms with Crippen molar-refractivity contribution in [2.24, 2.45) is 20.6 Å². The molecule has 0 saturated carbocycles. The molecule has 118 heavy (non-hydrogen) atoms. The Kier molecular flexibility index (Phi) is 38.1. The van der Waals surface area contributed by atoms with Crippen molar-refractivity contribution in [3.8, 4) is 5.75 Å². The summed E-state index contributed by atoms with van der Waals surface area (Å²) in [5.74, 6) is -2.49. The summed E-state index contributed by atoms with van der Waals surface area (Å²) in [6.07, 6.45) is 4.59. The fraction of sp³-hybridized carbons (Fsp3) is 0.280. The fourth-order valence-electron chi connectivity index (χ4n) is 11.7. The van der Waals surface area contributed by atoms with E-state index < -0.39 is 29.4 Å². The number of hydrogen-bond acceptors (Lipinski definition) is 25. The number of carbonyl (C=O) groups is 9. The third-order valence-electron chi connectivity index (χ3n) is 18.8. The van der Waals surface area contributed by atoms with Crippen LogP contribution in [0.4, 0.5) is 17.1 Å². The Morgan fingerprint density at radius 1 is 0.407 bits per heavy atom. The van der Waals surface area contributed by atoms with E-state index in [0.29, 0.717) is 83.6 Å². The van der Waals surface area contributed by atoms with E-state index in [1.54, 1.807) is 185 Å². The van der Waals surface area contributed by atoms with E-state index in [9.17, 15) is 43.2 Å². The van der Waals surface area contributed by atoms with Gasteiger partial charge in [0, 0.05) is 91.4 Å². The van der Waals surface area contributed by atoms with Crippen LogP contribution >= 0.6 is 11.8 Å². The standard InChI is InChI=1S/C23H30N2O2.C21H22N2O4.C18H17NO4.C17H15NO3S.C14H18N2O3/c1-4-23(24(2)3,18-19-8-6-5-7-9-19)22(26)20-10-12-21(13-11-20)25-14-16-27-17-15-25;1-2-19(22-27-21(25)17-6-4-3-5-7-17)20(24)16-8-10-18(11-9-16)23-12-14-26-15-13-23;1-3-16(17(20)13-9-11-15(22-2)12-10-13)19-23-18(21)14-7-5-4-6-8-14;1-12(16(19)13-8-10-15(22-2)11-9-13)18-21-17(20)14-6-4-3-5-7-14;1-5-13(10(2)17)15-19-14(18)11-6-8-12(9-7-11)16(3)4/h5-13H,4,14-18H2,1-3H3;3-11H,2,12-15H2,1H3;4-12H,3H2,1-2H3;3-11H,1-2H3;6-9H,5H2,1-4H3/b;22-19+;19-16+;18-12+;15-13+. The van der Waals surface area contributed by atoms with Crippen molar-refractivity contribution in [2.45, 2.75) is 84.1 Å². The molecule has 1 atom stereocenters. The van der Waals surface area contributed by atoms with Crippen LogP contribution in [0.5, 0.6) is 5.75 Å². The Morgan fingerprint density at radius 3 is 1.10 bits per heavy atom. The number of anilines is 3. The molecule has 0 aliphatic carbocycles. The molecule has 616 valence electrons. The SMILES string of the molecule is CC/C(=N\OC(=O)c1ccc(N(C)C)cc1)C(C)=O.CC/C(=N\OC(=O)c1ccccc1)C(=O)c1ccc(N2CCOCC2)cc1.CC/C(=N\OC(=O)c1ccccc1)C(=O)c1ccc(OC)cc1.CCC(Cc1ccccc1)(C(=O)c1ccc(N2CCOCC2)cc1)N(C)C.CSc1ccc(C(=O)/C(C)=N/OC(=O)c2ccccc2)cc1. The minimum absolute atomic E-state index is 0.126. The van der Waals surface area contributed by atoms with Crippen molar-refractivity contribution < 1.29 is 76.7 Å². The molecule has 9 aromatic rings. The minimum atomic E-state index is -0.598. The first-order valence-electron chi connectivity index (χ1n) is 38.6. The average molecular weight is 1620 g/mol. The van der Waals surface area contributed by atoms with Crippen LogP contribution in [-0.4, -0.2) is 180 Å². The number of ether oxygens (including phenoxy) is 3. The van der Waals surface area contributed by atoms with Crippen LogP contribution in [-0.2, 0) is 40.0 Å². The predicted octanol–water partition coefficient (Wildman–Crippen LogP) is 16.6. The second-order valence-electron chi connectivity index (χ2n) is 27.0. The summed E-state index contributed by atoms with van der Waals surface area (Å²) in [6, 6.07) is 72.1. The smallest absolute Gasteiger partial charge is 0.365 e. The Labute approximate surface area is 694 Å². The van der Waals surface area contributed by atoms with Gasteiger partial charge in [0.1, 0.15) is 28.6 Å². The zero-order valence-corrected chi connectivity index (χ0v) is 69.6. The lowest BCUT2D eigenvalue weighted by molar-refractivity contribution is -0.111. The Bertz CT molecular complexity index is 4870. The number of likely N-dealkylation sites (N-methyl/N-ethyl adjacent to an activating group) is 1. The highest BCUT2D eigenvalue weighted by Gasteiger charge is 2.40. The molecule has 2 heterocycles. The highest BCUT2D eigenvalue weighted by Crippen LogP contribution is 2.30.